The van der Waals surface area contributed by atoms with Gasteiger partial charge in [-0.2, -0.15) is 0 Å². The van der Waals surface area contributed by atoms with E-state index >= 15 is 0 Å². The highest BCUT2D eigenvalue weighted by Crippen LogP contribution is 2.46. The summed E-state index contributed by atoms with van der Waals surface area (Å²) in [6.45, 7) is 3.75. The van der Waals surface area contributed by atoms with Crippen molar-refractivity contribution in [3.05, 3.63) is 97.1 Å². The van der Waals surface area contributed by atoms with Crippen molar-refractivity contribution in [3.63, 3.8) is 0 Å². The Labute approximate surface area is 175 Å². The first-order valence-electron chi connectivity index (χ1n) is 9.60. The second-order valence-electron chi connectivity index (χ2n) is 7.08. The molecule has 1 unspecified atom stereocenters. The maximum absolute atomic E-state index is 12.5. The predicted octanol–water partition coefficient (Wildman–Crippen LogP) is 4.23. The van der Waals surface area contributed by atoms with E-state index in [2.05, 4.69) is 18.7 Å². The molecule has 0 amide bonds. The van der Waals surface area contributed by atoms with Gasteiger partial charge in [-0.3, -0.25) is 0 Å². The minimum absolute atomic E-state index is 0.0187. The first kappa shape index (κ1) is 20.0. The molecule has 0 aromatic heterocycles. The van der Waals surface area contributed by atoms with Crippen LogP contribution in [-0.4, -0.2) is 25.4 Å². The third-order valence-electron chi connectivity index (χ3n) is 5.48. The topological polar surface area (TPSA) is 70.8 Å². The minimum atomic E-state index is -1.71. The van der Waals surface area contributed by atoms with Crippen molar-refractivity contribution in [3.8, 4) is 22.3 Å². The van der Waals surface area contributed by atoms with Gasteiger partial charge >= 0.3 is 5.97 Å². The van der Waals surface area contributed by atoms with Gasteiger partial charge in [-0.05, 0) is 28.3 Å². The van der Waals surface area contributed by atoms with Crippen molar-refractivity contribution in [1.29, 1.82) is 0 Å². The Kier molecular flexibility index (Phi) is 5.26. The average molecular weight is 401 g/mol. The molecule has 5 nitrogen and oxygen atoms in total. The fourth-order valence-corrected chi connectivity index (χ4v) is 3.82. The minimum Gasteiger partial charge on any atom is -0.467 e. The van der Waals surface area contributed by atoms with Crippen LogP contribution in [0.4, 0.5) is 0 Å². The molecule has 1 saturated heterocycles. The van der Waals surface area contributed by atoms with E-state index in [-0.39, 0.29) is 6.79 Å². The van der Waals surface area contributed by atoms with E-state index in [0.29, 0.717) is 5.56 Å². The molecule has 3 aromatic rings. The number of hydrogen-bond acceptors (Lipinski definition) is 5. The quantitative estimate of drug-likeness (QED) is 0.494. The molecule has 1 fully saturated rings. The number of rotatable bonds is 6. The van der Waals surface area contributed by atoms with Crippen molar-refractivity contribution in [2.24, 2.45) is 5.73 Å². The average Bonchev–Trinajstić information content (AvgIpc) is 2.78. The lowest BCUT2D eigenvalue weighted by Crippen LogP contribution is -2.69. The molecule has 0 radical (unpaired) electrons. The third-order valence-corrected chi connectivity index (χ3v) is 5.48. The summed E-state index contributed by atoms with van der Waals surface area (Å²) in [5.41, 5.74) is 9.42. The summed E-state index contributed by atoms with van der Waals surface area (Å²) in [5, 5.41) is 0. The Hall–Kier alpha value is -3.25. The van der Waals surface area contributed by atoms with Gasteiger partial charge in [0, 0.05) is 5.56 Å². The molecule has 1 heterocycles. The normalized spacial score (nSPS) is 16.7. The number of carbonyl (C=O) groups excluding carboxylic acids is 1. The lowest BCUT2D eigenvalue weighted by molar-refractivity contribution is -0.423. The summed E-state index contributed by atoms with van der Waals surface area (Å²) >= 11 is 0. The number of carbonyl (C=O) groups is 1. The maximum atomic E-state index is 12.5. The van der Waals surface area contributed by atoms with Gasteiger partial charge in [-0.25, -0.2) is 4.79 Å². The second kappa shape index (κ2) is 7.88. The Bertz CT molecular complexity index is 1060. The molecule has 2 N–H and O–H groups in total. The van der Waals surface area contributed by atoms with E-state index in [0.717, 1.165) is 22.3 Å². The molecular weight excluding hydrogens is 378 g/mol. The summed E-state index contributed by atoms with van der Waals surface area (Å²) in [4.78, 5) is 12.5. The SMILES string of the molecule is C=CC(N)(C(=O)OC)C1(c2ccc(-c3ccccc3)c(-c3ccccc3)c2)OCO1. The van der Waals surface area contributed by atoms with Crippen LogP contribution >= 0.6 is 0 Å². The number of ether oxygens (including phenoxy) is 3. The van der Waals surface area contributed by atoms with Crippen LogP contribution in [0, 0.1) is 0 Å². The lowest BCUT2D eigenvalue weighted by Gasteiger charge is -2.49. The van der Waals surface area contributed by atoms with Gasteiger partial charge in [0.05, 0.1) is 7.11 Å². The highest BCUT2D eigenvalue weighted by atomic mass is 16.9. The fourth-order valence-electron chi connectivity index (χ4n) is 3.82. The van der Waals surface area contributed by atoms with Crippen LogP contribution in [0.5, 0.6) is 0 Å². The van der Waals surface area contributed by atoms with Crippen molar-refractivity contribution in [2.75, 3.05) is 13.9 Å². The molecule has 3 aromatic carbocycles. The number of methoxy groups -OCH3 is 1. The summed E-state index contributed by atoms with van der Waals surface area (Å²) in [6, 6.07) is 25.9. The van der Waals surface area contributed by atoms with E-state index in [9.17, 15) is 4.79 Å². The van der Waals surface area contributed by atoms with Crippen molar-refractivity contribution in [2.45, 2.75) is 11.3 Å². The van der Waals surface area contributed by atoms with Gasteiger partial charge in [0.15, 0.2) is 12.3 Å². The smallest absolute Gasteiger partial charge is 0.335 e. The molecule has 0 saturated carbocycles. The molecule has 0 aliphatic carbocycles. The van der Waals surface area contributed by atoms with Crippen molar-refractivity contribution in [1.82, 2.24) is 0 Å². The Balaban J connectivity index is 1.92. The molecule has 30 heavy (non-hydrogen) atoms. The van der Waals surface area contributed by atoms with Crippen LogP contribution < -0.4 is 5.73 Å². The van der Waals surface area contributed by atoms with Crippen LogP contribution in [0.25, 0.3) is 22.3 Å². The first-order valence-corrected chi connectivity index (χ1v) is 9.60. The summed E-state index contributed by atoms with van der Waals surface area (Å²) in [6.07, 6.45) is 1.31. The Morgan fingerprint density at radius 3 is 2.03 bits per heavy atom. The van der Waals surface area contributed by atoms with Crippen LogP contribution in [0.2, 0.25) is 0 Å². The van der Waals surface area contributed by atoms with Gasteiger partial charge in [0.25, 0.3) is 0 Å². The molecule has 0 bridgehead atoms. The first-order chi connectivity index (χ1) is 14.6. The molecule has 5 heteroatoms. The van der Waals surface area contributed by atoms with E-state index in [1.807, 2.05) is 66.7 Å². The molecule has 1 aliphatic heterocycles. The zero-order valence-electron chi connectivity index (χ0n) is 16.7. The maximum Gasteiger partial charge on any atom is 0.335 e. The molecule has 1 aliphatic rings. The van der Waals surface area contributed by atoms with E-state index in [1.165, 1.54) is 13.2 Å². The van der Waals surface area contributed by atoms with Crippen LogP contribution in [0.3, 0.4) is 0 Å². The zero-order valence-corrected chi connectivity index (χ0v) is 16.7. The van der Waals surface area contributed by atoms with Crippen molar-refractivity contribution < 1.29 is 19.0 Å². The number of hydrogen-bond donors (Lipinski definition) is 1. The monoisotopic (exact) mass is 401 g/mol. The Morgan fingerprint density at radius 1 is 1.00 bits per heavy atom. The van der Waals surface area contributed by atoms with E-state index in [4.69, 9.17) is 19.9 Å². The zero-order chi connectivity index (χ0) is 21.2. The molecule has 1 atom stereocenters. The second-order valence-corrected chi connectivity index (χ2v) is 7.08. The molecule has 4 rings (SSSR count). The molecule has 152 valence electrons. The van der Waals surface area contributed by atoms with Gasteiger partial charge < -0.3 is 19.9 Å². The van der Waals surface area contributed by atoms with Gasteiger partial charge in [-0.15, -0.1) is 6.58 Å². The number of nitrogens with two attached hydrogens (primary N) is 1. The highest BCUT2D eigenvalue weighted by molar-refractivity contribution is 5.87. The third kappa shape index (κ3) is 3.04. The summed E-state index contributed by atoms with van der Waals surface area (Å²) in [7, 11) is 1.27. The predicted molar refractivity (Wildman–Crippen MR) is 115 cm³/mol. The summed E-state index contributed by atoms with van der Waals surface area (Å²) in [5.74, 6) is -2.20. The van der Waals surface area contributed by atoms with Crippen molar-refractivity contribution >= 4 is 5.97 Å². The number of esters is 1. The largest absolute Gasteiger partial charge is 0.467 e. The standard InChI is InChI=1S/C25H23NO4/c1-3-24(26,23(27)28-2)25(29-17-30-25)20-14-15-21(18-10-6-4-7-11-18)22(16-20)19-12-8-5-9-13-19/h3-16H,1,17,26H2,2H3. The molecular formula is C25H23NO4. The van der Waals surface area contributed by atoms with Gasteiger partial charge in [0.1, 0.15) is 0 Å². The lowest BCUT2D eigenvalue weighted by atomic mass is 9.81. The Morgan fingerprint density at radius 2 is 1.57 bits per heavy atom. The van der Waals surface area contributed by atoms with Crippen LogP contribution in [0.1, 0.15) is 5.56 Å². The van der Waals surface area contributed by atoms with E-state index in [1.54, 1.807) is 0 Å². The van der Waals surface area contributed by atoms with E-state index < -0.39 is 17.3 Å². The van der Waals surface area contributed by atoms with Crippen LogP contribution in [0.15, 0.2) is 91.5 Å². The highest BCUT2D eigenvalue weighted by Gasteiger charge is 2.61. The fraction of sp³-hybridized carbons (Fsp3) is 0.160. The number of benzene rings is 3. The molecule has 0 spiro atoms. The van der Waals surface area contributed by atoms with Gasteiger partial charge in [-0.1, -0.05) is 78.9 Å². The van der Waals surface area contributed by atoms with Gasteiger partial charge in [0.2, 0.25) is 5.79 Å². The van der Waals surface area contributed by atoms with Crippen LogP contribution in [-0.2, 0) is 24.8 Å². The summed E-state index contributed by atoms with van der Waals surface area (Å²) < 4.78 is 16.5.